The van der Waals surface area contributed by atoms with Crippen molar-refractivity contribution in [1.82, 2.24) is 4.98 Å². The molecule has 0 saturated heterocycles. The first kappa shape index (κ1) is 17.5. The van der Waals surface area contributed by atoms with E-state index < -0.39 is 29.8 Å². The van der Waals surface area contributed by atoms with Crippen molar-refractivity contribution >= 4 is 11.8 Å². The third kappa shape index (κ3) is 2.92. The maximum Gasteiger partial charge on any atom is 0.312 e. The van der Waals surface area contributed by atoms with Crippen LogP contribution < -0.4 is 4.74 Å². The van der Waals surface area contributed by atoms with Crippen molar-refractivity contribution in [2.75, 3.05) is 6.01 Å². The van der Waals surface area contributed by atoms with Crippen LogP contribution in [0.15, 0.2) is 35.5 Å². The van der Waals surface area contributed by atoms with Crippen LogP contribution in [0.2, 0.25) is 0 Å². The SMILES string of the molecule is N#Cc1cncc(Oc2ccc(SCF)c3c2C(F)C(F)(F)C3O)c1. The minimum Gasteiger partial charge on any atom is -0.455 e. The lowest BCUT2D eigenvalue weighted by Gasteiger charge is -2.16. The highest BCUT2D eigenvalue weighted by Gasteiger charge is 2.58. The second-order valence-corrected chi connectivity index (χ2v) is 6.15. The largest absolute Gasteiger partial charge is 0.455 e. The number of hydrogen-bond donors (Lipinski definition) is 1. The number of fused-ring (bicyclic) bond motifs is 1. The molecule has 130 valence electrons. The molecule has 4 nitrogen and oxygen atoms in total. The van der Waals surface area contributed by atoms with Gasteiger partial charge in [0.25, 0.3) is 0 Å². The molecule has 0 saturated carbocycles. The fourth-order valence-electron chi connectivity index (χ4n) is 2.60. The fraction of sp³-hybridized carbons (Fsp3) is 0.250. The molecular formula is C16H10F4N2O2S. The monoisotopic (exact) mass is 370 g/mol. The van der Waals surface area contributed by atoms with E-state index in [0.717, 1.165) is 0 Å². The molecule has 0 spiro atoms. The lowest BCUT2D eigenvalue weighted by Crippen LogP contribution is -2.24. The van der Waals surface area contributed by atoms with Crippen LogP contribution in [-0.2, 0) is 0 Å². The Hall–Kier alpha value is -2.31. The summed E-state index contributed by atoms with van der Waals surface area (Å²) in [4.78, 5) is 3.78. The number of nitrogens with zero attached hydrogens (tertiary/aromatic N) is 2. The molecule has 2 unspecified atom stereocenters. The Morgan fingerprint density at radius 2 is 2.08 bits per heavy atom. The second kappa shape index (κ2) is 6.54. The van der Waals surface area contributed by atoms with Gasteiger partial charge in [-0.05, 0) is 12.1 Å². The number of ether oxygens (including phenoxy) is 1. The smallest absolute Gasteiger partial charge is 0.312 e. The molecule has 1 aliphatic rings. The predicted molar refractivity (Wildman–Crippen MR) is 81.1 cm³/mol. The maximum atomic E-state index is 14.3. The van der Waals surface area contributed by atoms with Gasteiger partial charge in [0.1, 0.15) is 29.7 Å². The van der Waals surface area contributed by atoms with Gasteiger partial charge in [-0.25, -0.2) is 8.78 Å². The Balaban J connectivity index is 2.09. The van der Waals surface area contributed by atoms with E-state index in [4.69, 9.17) is 10.00 Å². The second-order valence-electron chi connectivity index (χ2n) is 5.21. The summed E-state index contributed by atoms with van der Waals surface area (Å²) in [6, 6.07) is 4.72. The number of thioether (sulfide) groups is 1. The third-order valence-corrected chi connectivity index (χ3v) is 4.49. The molecule has 3 rings (SSSR count). The highest BCUT2D eigenvalue weighted by atomic mass is 32.2. The molecule has 1 aromatic heterocycles. The molecule has 9 heteroatoms. The van der Waals surface area contributed by atoms with Gasteiger partial charge in [0.05, 0.1) is 11.8 Å². The molecule has 2 aromatic rings. The molecule has 1 aromatic carbocycles. The first-order valence-electron chi connectivity index (χ1n) is 6.98. The number of halogens is 4. The van der Waals surface area contributed by atoms with Gasteiger partial charge >= 0.3 is 5.92 Å². The lowest BCUT2D eigenvalue weighted by atomic mass is 10.1. The van der Waals surface area contributed by atoms with Crippen molar-refractivity contribution in [3.63, 3.8) is 0 Å². The Labute approximate surface area is 144 Å². The summed E-state index contributed by atoms with van der Waals surface area (Å²) >= 11 is 0.571. The predicted octanol–water partition coefficient (Wildman–Crippen LogP) is 4.46. The Bertz CT molecular complexity index is 857. The van der Waals surface area contributed by atoms with Crippen LogP contribution in [0.4, 0.5) is 17.6 Å². The standard InChI is InChI=1S/C16H10F4N2O2S/c17-7-25-11-2-1-10(24-9-3-8(4-21)5-22-6-9)12-13(11)15(23)16(19,20)14(12)18/h1-3,5-6,14-15,23H,7H2. The van der Waals surface area contributed by atoms with Gasteiger partial charge < -0.3 is 9.84 Å². The Kier molecular flexibility index (Phi) is 4.58. The molecule has 0 amide bonds. The zero-order chi connectivity index (χ0) is 18.2. The van der Waals surface area contributed by atoms with Gasteiger partial charge in [-0.3, -0.25) is 4.98 Å². The van der Waals surface area contributed by atoms with Gasteiger partial charge in [0, 0.05) is 28.3 Å². The summed E-state index contributed by atoms with van der Waals surface area (Å²) in [5.41, 5.74) is -0.749. The third-order valence-electron chi connectivity index (χ3n) is 3.72. The summed E-state index contributed by atoms with van der Waals surface area (Å²) in [6.45, 7) is 0. The molecule has 0 aliphatic heterocycles. The number of nitriles is 1. The van der Waals surface area contributed by atoms with Crippen LogP contribution in [0, 0.1) is 11.3 Å². The fourth-order valence-corrected chi connectivity index (χ4v) is 3.26. The van der Waals surface area contributed by atoms with Gasteiger partial charge in [0.15, 0.2) is 6.17 Å². The van der Waals surface area contributed by atoms with Crippen LogP contribution in [0.3, 0.4) is 0 Å². The van der Waals surface area contributed by atoms with Crippen molar-refractivity contribution in [1.29, 1.82) is 5.26 Å². The van der Waals surface area contributed by atoms with E-state index in [2.05, 4.69) is 4.98 Å². The van der Waals surface area contributed by atoms with E-state index in [1.165, 1.54) is 30.6 Å². The van der Waals surface area contributed by atoms with E-state index in [1.807, 2.05) is 6.07 Å². The highest BCUT2D eigenvalue weighted by Crippen LogP contribution is 2.57. The highest BCUT2D eigenvalue weighted by molar-refractivity contribution is 7.99. The average molecular weight is 370 g/mol. The average Bonchev–Trinajstić information content (AvgIpc) is 2.78. The number of aromatic nitrogens is 1. The minimum atomic E-state index is -4.06. The van der Waals surface area contributed by atoms with Crippen LogP contribution >= 0.6 is 11.8 Å². The molecule has 2 atom stereocenters. The first-order valence-corrected chi connectivity index (χ1v) is 7.97. The van der Waals surface area contributed by atoms with E-state index in [9.17, 15) is 22.7 Å². The molecule has 25 heavy (non-hydrogen) atoms. The maximum absolute atomic E-state index is 14.3. The van der Waals surface area contributed by atoms with Crippen molar-refractivity contribution in [3.05, 3.63) is 47.3 Å². The van der Waals surface area contributed by atoms with Crippen LogP contribution in [0.5, 0.6) is 11.5 Å². The van der Waals surface area contributed by atoms with Gasteiger partial charge in [-0.1, -0.05) is 11.8 Å². The number of aliphatic hydroxyl groups excluding tert-OH is 1. The topological polar surface area (TPSA) is 66.1 Å². The Morgan fingerprint density at radius 1 is 1.32 bits per heavy atom. The minimum absolute atomic E-state index is 0.0149. The van der Waals surface area contributed by atoms with Gasteiger partial charge in [0.2, 0.25) is 0 Å². The summed E-state index contributed by atoms with van der Waals surface area (Å²) in [7, 11) is 0. The molecule has 0 fully saturated rings. The number of aliphatic hydroxyl groups is 1. The van der Waals surface area contributed by atoms with Crippen LogP contribution in [-0.4, -0.2) is 22.0 Å². The quantitative estimate of drug-likeness (QED) is 0.636. The van der Waals surface area contributed by atoms with E-state index in [0.29, 0.717) is 11.8 Å². The summed E-state index contributed by atoms with van der Waals surface area (Å²) in [5, 5.41) is 18.7. The van der Waals surface area contributed by atoms with Crippen molar-refractivity contribution in [2.45, 2.75) is 23.1 Å². The summed E-state index contributed by atoms with van der Waals surface area (Å²) < 4.78 is 60.2. The lowest BCUT2D eigenvalue weighted by molar-refractivity contribution is -0.143. The summed E-state index contributed by atoms with van der Waals surface area (Å²) in [5.74, 6) is -4.26. The number of pyridine rings is 1. The zero-order valence-electron chi connectivity index (χ0n) is 12.4. The molecular weight excluding hydrogens is 360 g/mol. The van der Waals surface area contributed by atoms with Gasteiger partial charge in [-0.2, -0.15) is 14.0 Å². The molecule has 0 radical (unpaired) electrons. The van der Waals surface area contributed by atoms with E-state index in [-0.39, 0.29) is 27.5 Å². The summed E-state index contributed by atoms with van der Waals surface area (Å²) in [6.07, 6.45) is -2.71. The zero-order valence-corrected chi connectivity index (χ0v) is 13.2. The number of rotatable bonds is 4. The molecule has 1 aliphatic carbocycles. The van der Waals surface area contributed by atoms with Gasteiger partial charge in [-0.15, -0.1) is 0 Å². The molecule has 1 heterocycles. The number of alkyl halides is 4. The number of hydrogen-bond acceptors (Lipinski definition) is 5. The van der Waals surface area contributed by atoms with E-state index in [1.54, 1.807) is 0 Å². The van der Waals surface area contributed by atoms with Crippen LogP contribution in [0.25, 0.3) is 0 Å². The van der Waals surface area contributed by atoms with Crippen LogP contribution in [0.1, 0.15) is 29.0 Å². The Morgan fingerprint density at radius 3 is 2.76 bits per heavy atom. The number of benzene rings is 1. The van der Waals surface area contributed by atoms with Crippen molar-refractivity contribution in [2.24, 2.45) is 0 Å². The van der Waals surface area contributed by atoms with Crippen molar-refractivity contribution < 1.29 is 27.4 Å². The van der Waals surface area contributed by atoms with E-state index >= 15 is 0 Å². The normalized spacial score (nSPS) is 20.8. The van der Waals surface area contributed by atoms with Crippen molar-refractivity contribution in [3.8, 4) is 17.6 Å². The molecule has 1 N–H and O–H groups in total. The molecule has 0 bridgehead atoms. The first-order chi connectivity index (χ1) is 11.9.